The predicted octanol–water partition coefficient (Wildman–Crippen LogP) is 2.31. The highest BCUT2D eigenvalue weighted by Crippen LogP contribution is 2.28. The summed E-state index contributed by atoms with van der Waals surface area (Å²) in [4.78, 5) is 0.0801. The minimum absolute atomic E-state index is 0.0676. The summed E-state index contributed by atoms with van der Waals surface area (Å²) >= 11 is 0. The summed E-state index contributed by atoms with van der Waals surface area (Å²) in [5.74, 6) is -0.164. The highest BCUT2D eigenvalue weighted by atomic mass is 32.2. The van der Waals surface area contributed by atoms with Gasteiger partial charge in [-0.1, -0.05) is 0 Å². The number of halogens is 3. The van der Waals surface area contributed by atoms with Crippen LogP contribution in [0.5, 0.6) is 0 Å². The molecule has 0 atom stereocenters. The lowest BCUT2D eigenvalue weighted by molar-refractivity contribution is -0.141. The van der Waals surface area contributed by atoms with Gasteiger partial charge in [-0.15, -0.1) is 0 Å². The molecule has 9 heteroatoms. The van der Waals surface area contributed by atoms with Crippen LogP contribution in [0.2, 0.25) is 0 Å². The van der Waals surface area contributed by atoms with Crippen molar-refractivity contribution in [3.63, 3.8) is 0 Å². The van der Waals surface area contributed by atoms with Crippen molar-refractivity contribution in [3.05, 3.63) is 42.2 Å². The first kappa shape index (κ1) is 16.5. The molecule has 0 aliphatic rings. The summed E-state index contributed by atoms with van der Waals surface area (Å²) in [7, 11) is -2.08. The van der Waals surface area contributed by atoms with Crippen molar-refractivity contribution in [2.75, 3.05) is 19.5 Å². The van der Waals surface area contributed by atoms with Gasteiger partial charge >= 0.3 is 6.18 Å². The van der Waals surface area contributed by atoms with Crippen LogP contribution in [0.3, 0.4) is 0 Å². The number of alkyl halides is 3. The number of aromatic nitrogens is 2. The summed E-state index contributed by atoms with van der Waals surface area (Å²) < 4.78 is 67.1. The SMILES string of the molecule is COCCS(=O)(=O)c1ccc(-n2ccc(C(F)(F)F)n2)cc1. The molecule has 0 unspecified atom stereocenters. The molecular formula is C13H13F3N2O3S. The molecule has 1 aromatic carbocycles. The van der Waals surface area contributed by atoms with E-state index in [1.165, 1.54) is 31.4 Å². The Morgan fingerprint density at radius 1 is 1.18 bits per heavy atom. The number of benzene rings is 1. The summed E-state index contributed by atoms with van der Waals surface area (Å²) in [6, 6.07) is 6.30. The molecular weight excluding hydrogens is 321 g/mol. The molecule has 0 fully saturated rings. The molecule has 0 saturated carbocycles. The second-order valence-corrected chi connectivity index (χ2v) is 6.56. The third kappa shape index (κ3) is 3.66. The van der Waals surface area contributed by atoms with E-state index in [1.807, 2.05) is 0 Å². The van der Waals surface area contributed by atoms with Crippen LogP contribution in [-0.2, 0) is 20.8 Å². The Morgan fingerprint density at radius 2 is 1.82 bits per heavy atom. The lowest BCUT2D eigenvalue weighted by atomic mass is 10.3. The van der Waals surface area contributed by atoms with Crippen molar-refractivity contribution in [1.82, 2.24) is 9.78 Å². The number of methoxy groups -OCH3 is 1. The molecule has 0 amide bonds. The lowest BCUT2D eigenvalue weighted by Gasteiger charge is -2.06. The van der Waals surface area contributed by atoms with Crippen molar-refractivity contribution >= 4 is 9.84 Å². The molecule has 1 aromatic heterocycles. The topological polar surface area (TPSA) is 61.2 Å². The van der Waals surface area contributed by atoms with Crippen LogP contribution in [0.1, 0.15) is 5.69 Å². The van der Waals surface area contributed by atoms with Crippen LogP contribution >= 0.6 is 0 Å². The first-order valence-corrected chi connectivity index (χ1v) is 7.84. The van der Waals surface area contributed by atoms with Crippen LogP contribution in [0.15, 0.2) is 41.4 Å². The third-order valence-corrected chi connectivity index (χ3v) is 4.59. The van der Waals surface area contributed by atoms with Gasteiger partial charge in [-0.3, -0.25) is 0 Å². The largest absolute Gasteiger partial charge is 0.435 e. The van der Waals surface area contributed by atoms with Crippen molar-refractivity contribution in [2.24, 2.45) is 0 Å². The molecule has 0 saturated heterocycles. The Balaban J connectivity index is 2.24. The van der Waals surface area contributed by atoms with Crippen LogP contribution in [0, 0.1) is 0 Å². The molecule has 5 nitrogen and oxygen atoms in total. The maximum Gasteiger partial charge on any atom is 0.435 e. The Labute approximate surface area is 125 Å². The van der Waals surface area contributed by atoms with E-state index in [-0.39, 0.29) is 17.3 Å². The number of ether oxygens (including phenoxy) is 1. The van der Waals surface area contributed by atoms with E-state index in [9.17, 15) is 21.6 Å². The van der Waals surface area contributed by atoms with E-state index in [0.29, 0.717) is 5.69 Å². The van der Waals surface area contributed by atoms with E-state index in [4.69, 9.17) is 4.74 Å². The first-order chi connectivity index (χ1) is 10.2. The van der Waals surface area contributed by atoms with E-state index in [2.05, 4.69) is 5.10 Å². The minimum atomic E-state index is -4.52. The Bertz CT molecular complexity index is 737. The van der Waals surface area contributed by atoms with Gasteiger partial charge in [0.25, 0.3) is 0 Å². The molecule has 0 radical (unpaired) electrons. The Kier molecular flexibility index (Phi) is 4.57. The summed E-state index contributed by atoms with van der Waals surface area (Å²) in [6.45, 7) is 0.0676. The molecule has 0 aliphatic heterocycles. The lowest BCUT2D eigenvalue weighted by Crippen LogP contribution is -2.11. The van der Waals surface area contributed by atoms with Crippen LogP contribution in [0.25, 0.3) is 5.69 Å². The minimum Gasteiger partial charge on any atom is -0.384 e. The van der Waals surface area contributed by atoms with Gasteiger partial charge in [0.2, 0.25) is 0 Å². The number of sulfone groups is 1. The van der Waals surface area contributed by atoms with Crippen molar-refractivity contribution in [3.8, 4) is 5.69 Å². The van der Waals surface area contributed by atoms with Gasteiger partial charge in [0.15, 0.2) is 15.5 Å². The van der Waals surface area contributed by atoms with E-state index >= 15 is 0 Å². The number of hydrogen-bond donors (Lipinski definition) is 0. The van der Waals surface area contributed by atoms with Crippen LogP contribution in [-0.4, -0.2) is 37.7 Å². The Morgan fingerprint density at radius 3 is 2.32 bits per heavy atom. The molecule has 0 spiro atoms. The number of nitrogens with zero attached hydrogens (tertiary/aromatic N) is 2. The maximum absolute atomic E-state index is 12.5. The molecule has 22 heavy (non-hydrogen) atoms. The molecule has 2 aromatic rings. The highest BCUT2D eigenvalue weighted by molar-refractivity contribution is 7.91. The third-order valence-electron chi connectivity index (χ3n) is 2.90. The number of rotatable bonds is 5. The van der Waals surface area contributed by atoms with Crippen LogP contribution in [0.4, 0.5) is 13.2 Å². The molecule has 120 valence electrons. The zero-order valence-electron chi connectivity index (χ0n) is 11.5. The summed E-state index contributed by atoms with van der Waals surface area (Å²) in [6.07, 6.45) is -3.36. The van der Waals surface area contributed by atoms with E-state index in [0.717, 1.165) is 16.9 Å². The zero-order chi connectivity index (χ0) is 16.4. The van der Waals surface area contributed by atoms with Gasteiger partial charge in [-0.05, 0) is 30.3 Å². The monoisotopic (exact) mass is 334 g/mol. The van der Waals surface area contributed by atoms with Gasteiger partial charge in [-0.25, -0.2) is 13.1 Å². The first-order valence-electron chi connectivity index (χ1n) is 6.19. The normalized spacial score (nSPS) is 12.5. The van der Waals surface area contributed by atoms with Gasteiger partial charge in [0.05, 0.1) is 22.9 Å². The van der Waals surface area contributed by atoms with Gasteiger partial charge in [0, 0.05) is 13.3 Å². The molecule has 0 bridgehead atoms. The van der Waals surface area contributed by atoms with Gasteiger partial charge < -0.3 is 4.74 Å². The fraction of sp³-hybridized carbons (Fsp3) is 0.308. The Hall–Kier alpha value is -1.87. The second-order valence-electron chi connectivity index (χ2n) is 4.45. The fourth-order valence-corrected chi connectivity index (χ4v) is 2.91. The van der Waals surface area contributed by atoms with Crippen molar-refractivity contribution in [1.29, 1.82) is 0 Å². The molecule has 1 heterocycles. The smallest absolute Gasteiger partial charge is 0.384 e. The van der Waals surface area contributed by atoms with Crippen LogP contribution < -0.4 is 0 Å². The number of hydrogen-bond acceptors (Lipinski definition) is 4. The predicted molar refractivity (Wildman–Crippen MR) is 72.5 cm³/mol. The molecule has 0 aliphatic carbocycles. The van der Waals surface area contributed by atoms with E-state index < -0.39 is 21.7 Å². The zero-order valence-corrected chi connectivity index (χ0v) is 12.4. The van der Waals surface area contributed by atoms with Crippen molar-refractivity contribution in [2.45, 2.75) is 11.1 Å². The average Bonchev–Trinajstić information content (AvgIpc) is 2.95. The van der Waals surface area contributed by atoms with Crippen molar-refractivity contribution < 1.29 is 26.3 Å². The van der Waals surface area contributed by atoms with Gasteiger partial charge in [0.1, 0.15) is 0 Å². The molecule has 0 N–H and O–H groups in total. The molecule has 2 rings (SSSR count). The fourth-order valence-electron chi connectivity index (χ4n) is 1.74. The second kappa shape index (κ2) is 6.09. The quantitative estimate of drug-likeness (QED) is 0.842. The highest BCUT2D eigenvalue weighted by Gasteiger charge is 2.33. The standard InChI is InChI=1S/C13H13F3N2O3S/c1-21-8-9-22(19,20)11-4-2-10(3-5-11)18-7-6-12(17-18)13(14,15)16/h2-7H,8-9H2,1H3. The van der Waals surface area contributed by atoms with Gasteiger partial charge in [-0.2, -0.15) is 18.3 Å². The summed E-state index contributed by atoms with van der Waals surface area (Å²) in [5, 5.41) is 3.42. The maximum atomic E-state index is 12.5. The summed E-state index contributed by atoms with van der Waals surface area (Å²) in [5.41, 5.74) is -0.675. The van der Waals surface area contributed by atoms with E-state index in [1.54, 1.807) is 0 Å². The average molecular weight is 334 g/mol.